The highest BCUT2D eigenvalue weighted by molar-refractivity contribution is 5.43. The van der Waals surface area contributed by atoms with Crippen LogP contribution in [0.25, 0.3) is 0 Å². The number of aromatic amines is 1. The van der Waals surface area contributed by atoms with E-state index < -0.39 is 0 Å². The highest BCUT2D eigenvalue weighted by Crippen LogP contribution is 2.29. The lowest BCUT2D eigenvalue weighted by molar-refractivity contribution is 0.543. The Kier molecular flexibility index (Phi) is 4.66. The average molecular weight is 209 g/mol. The second kappa shape index (κ2) is 5.79. The topological polar surface area (TPSA) is 54.7 Å². The third-order valence-corrected chi connectivity index (χ3v) is 2.97. The van der Waals surface area contributed by atoms with Gasteiger partial charge in [-0.05, 0) is 19.3 Å². The summed E-state index contributed by atoms with van der Waals surface area (Å²) in [5, 5.41) is 7.25. The number of hydrogen-bond donors (Lipinski definition) is 2. The van der Waals surface area contributed by atoms with Gasteiger partial charge >= 0.3 is 0 Å². The molecule has 0 unspecified atom stereocenters. The van der Waals surface area contributed by atoms with Crippen LogP contribution in [0.5, 0.6) is 0 Å². The van der Waals surface area contributed by atoms with Crippen LogP contribution in [-0.2, 0) is 6.42 Å². The van der Waals surface area contributed by atoms with E-state index in [0.29, 0.717) is 11.7 Å². The first-order valence-electron chi connectivity index (χ1n) is 6.07. The van der Waals surface area contributed by atoms with Gasteiger partial charge in [0.05, 0.1) is 0 Å². The monoisotopic (exact) mass is 209 g/mol. The molecule has 1 rings (SSSR count). The second-order valence-corrected chi connectivity index (χ2v) is 4.13. The molecule has 0 aliphatic rings. The van der Waals surface area contributed by atoms with Crippen molar-refractivity contribution in [2.24, 2.45) is 0 Å². The number of nitrogen functional groups attached to an aromatic ring is 1. The summed E-state index contributed by atoms with van der Waals surface area (Å²) in [6, 6.07) is 0. The molecule has 3 heteroatoms. The molecular weight excluding hydrogens is 186 g/mol. The Balaban J connectivity index is 2.88. The van der Waals surface area contributed by atoms with Gasteiger partial charge in [0.2, 0.25) is 0 Å². The van der Waals surface area contributed by atoms with Gasteiger partial charge in [-0.15, -0.1) is 0 Å². The molecule has 0 aliphatic heterocycles. The maximum Gasteiger partial charge on any atom is 0.148 e. The van der Waals surface area contributed by atoms with E-state index in [9.17, 15) is 0 Å². The molecule has 0 bridgehead atoms. The lowest BCUT2D eigenvalue weighted by atomic mass is 9.91. The third-order valence-electron chi connectivity index (χ3n) is 2.97. The van der Waals surface area contributed by atoms with E-state index in [1.165, 1.54) is 36.9 Å². The van der Waals surface area contributed by atoms with Crippen molar-refractivity contribution in [1.82, 2.24) is 10.2 Å². The SMILES string of the molecule is CCCC(CCC)c1[nH]nc(N)c1CC. The first-order chi connectivity index (χ1) is 7.24. The van der Waals surface area contributed by atoms with Crippen molar-refractivity contribution in [3.63, 3.8) is 0 Å². The van der Waals surface area contributed by atoms with Crippen LogP contribution in [-0.4, -0.2) is 10.2 Å². The zero-order valence-corrected chi connectivity index (χ0v) is 10.1. The fourth-order valence-electron chi connectivity index (χ4n) is 2.23. The standard InChI is InChI=1S/C12H23N3/c1-4-7-9(8-5-2)11-10(6-3)12(13)15-14-11/h9H,4-8H2,1-3H3,(H3,13,14,15). The van der Waals surface area contributed by atoms with Crippen LogP contribution in [0.3, 0.4) is 0 Å². The maximum atomic E-state index is 5.84. The molecule has 0 aliphatic carbocycles. The Morgan fingerprint density at radius 3 is 2.27 bits per heavy atom. The summed E-state index contributed by atoms with van der Waals surface area (Å²) < 4.78 is 0. The van der Waals surface area contributed by atoms with E-state index >= 15 is 0 Å². The Labute approximate surface area is 92.5 Å². The van der Waals surface area contributed by atoms with Gasteiger partial charge in [0.25, 0.3) is 0 Å². The first-order valence-corrected chi connectivity index (χ1v) is 6.07. The smallest absolute Gasteiger partial charge is 0.148 e. The zero-order chi connectivity index (χ0) is 11.3. The van der Waals surface area contributed by atoms with Gasteiger partial charge in [-0.3, -0.25) is 5.10 Å². The first kappa shape index (κ1) is 12.1. The molecule has 1 heterocycles. The molecule has 86 valence electrons. The molecule has 0 saturated heterocycles. The molecule has 0 fully saturated rings. The third kappa shape index (κ3) is 2.74. The van der Waals surface area contributed by atoms with E-state index in [1.54, 1.807) is 0 Å². The van der Waals surface area contributed by atoms with Crippen molar-refractivity contribution in [1.29, 1.82) is 0 Å². The van der Waals surface area contributed by atoms with Crippen LogP contribution >= 0.6 is 0 Å². The minimum absolute atomic E-state index is 0.611. The van der Waals surface area contributed by atoms with Crippen LogP contribution in [0.1, 0.15) is 63.6 Å². The second-order valence-electron chi connectivity index (χ2n) is 4.13. The largest absolute Gasteiger partial charge is 0.382 e. The number of nitrogens with zero attached hydrogens (tertiary/aromatic N) is 1. The molecule has 3 nitrogen and oxygen atoms in total. The van der Waals surface area contributed by atoms with Crippen molar-refractivity contribution in [3.8, 4) is 0 Å². The van der Waals surface area contributed by atoms with Gasteiger partial charge in [0.1, 0.15) is 5.82 Å². The fourth-order valence-corrected chi connectivity index (χ4v) is 2.23. The fraction of sp³-hybridized carbons (Fsp3) is 0.750. The zero-order valence-electron chi connectivity index (χ0n) is 10.1. The normalized spacial score (nSPS) is 11.2. The van der Waals surface area contributed by atoms with Gasteiger partial charge in [-0.1, -0.05) is 33.6 Å². The molecule has 0 spiro atoms. The summed E-state index contributed by atoms with van der Waals surface area (Å²) in [6.07, 6.45) is 5.85. The molecule has 0 atom stereocenters. The number of H-pyrrole nitrogens is 1. The van der Waals surface area contributed by atoms with Crippen LogP contribution in [0.15, 0.2) is 0 Å². The number of nitrogens with two attached hydrogens (primary N) is 1. The van der Waals surface area contributed by atoms with Crippen LogP contribution in [0.2, 0.25) is 0 Å². The van der Waals surface area contributed by atoms with Crippen LogP contribution < -0.4 is 5.73 Å². The molecule has 0 radical (unpaired) electrons. The Morgan fingerprint density at radius 1 is 1.20 bits per heavy atom. The number of anilines is 1. The van der Waals surface area contributed by atoms with Gasteiger partial charge in [-0.25, -0.2) is 0 Å². The van der Waals surface area contributed by atoms with Gasteiger partial charge < -0.3 is 5.73 Å². The summed E-state index contributed by atoms with van der Waals surface area (Å²) in [5.41, 5.74) is 8.34. The Morgan fingerprint density at radius 2 is 1.80 bits per heavy atom. The van der Waals surface area contributed by atoms with E-state index in [-0.39, 0.29) is 0 Å². The minimum Gasteiger partial charge on any atom is -0.382 e. The van der Waals surface area contributed by atoms with Crippen molar-refractivity contribution in [3.05, 3.63) is 11.3 Å². The van der Waals surface area contributed by atoms with E-state index in [4.69, 9.17) is 5.73 Å². The predicted octanol–water partition coefficient (Wildman–Crippen LogP) is 3.24. The highest BCUT2D eigenvalue weighted by Gasteiger charge is 2.17. The molecule has 1 aromatic heterocycles. The quantitative estimate of drug-likeness (QED) is 0.755. The van der Waals surface area contributed by atoms with Crippen molar-refractivity contribution in [2.75, 3.05) is 5.73 Å². The lowest BCUT2D eigenvalue weighted by Gasteiger charge is -2.15. The number of aromatic nitrogens is 2. The minimum atomic E-state index is 0.611. The summed E-state index contributed by atoms with van der Waals surface area (Å²) in [7, 11) is 0. The summed E-state index contributed by atoms with van der Waals surface area (Å²) in [6.45, 7) is 6.60. The van der Waals surface area contributed by atoms with E-state index in [2.05, 4.69) is 31.0 Å². The van der Waals surface area contributed by atoms with Crippen molar-refractivity contribution >= 4 is 5.82 Å². The molecule has 1 aromatic rings. The van der Waals surface area contributed by atoms with E-state index in [1.807, 2.05) is 0 Å². The molecule has 15 heavy (non-hydrogen) atoms. The average Bonchev–Trinajstić information content (AvgIpc) is 2.59. The summed E-state index contributed by atoms with van der Waals surface area (Å²) in [4.78, 5) is 0. The van der Waals surface area contributed by atoms with Crippen molar-refractivity contribution < 1.29 is 0 Å². The Hall–Kier alpha value is -0.990. The summed E-state index contributed by atoms with van der Waals surface area (Å²) >= 11 is 0. The number of rotatable bonds is 6. The van der Waals surface area contributed by atoms with Crippen molar-refractivity contribution in [2.45, 2.75) is 58.8 Å². The van der Waals surface area contributed by atoms with Crippen LogP contribution in [0, 0.1) is 0 Å². The molecule has 0 saturated carbocycles. The Bertz CT molecular complexity index is 285. The summed E-state index contributed by atoms with van der Waals surface area (Å²) in [5.74, 6) is 1.30. The molecular formula is C12H23N3. The lowest BCUT2D eigenvalue weighted by Crippen LogP contribution is -2.02. The van der Waals surface area contributed by atoms with Gasteiger partial charge in [-0.2, -0.15) is 5.10 Å². The van der Waals surface area contributed by atoms with Gasteiger partial charge in [0, 0.05) is 17.2 Å². The van der Waals surface area contributed by atoms with E-state index in [0.717, 1.165) is 6.42 Å². The molecule has 0 aromatic carbocycles. The maximum absolute atomic E-state index is 5.84. The molecule has 3 N–H and O–H groups in total. The molecule has 0 amide bonds. The number of nitrogens with one attached hydrogen (secondary N) is 1. The van der Waals surface area contributed by atoms with Gasteiger partial charge in [0.15, 0.2) is 0 Å². The highest BCUT2D eigenvalue weighted by atomic mass is 15.2. The van der Waals surface area contributed by atoms with Crippen LogP contribution in [0.4, 0.5) is 5.82 Å². The predicted molar refractivity (Wildman–Crippen MR) is 64.9 cm³/mol. The number of hydrogen-bond acceptors (Lipinski definition) is 2.